The first-order chi connectivity index (χ1) is 5.58. The number of hydrogen-bond acceptors (Lipinski definition) is 3. The summed E-state index contributed by atoms with van der Waals surface area (Å²) in [5.74, 6) is 0. The summed E-state index contributed by atoms with van der Waals surface area (Å²) in [6, 6.07) is 0.497. The number of rotatable bonds is 2. The normalized spacial score (nSPS) is 27.5. The van der Waals surface area contributed by atoms with Crippen molar-refractivity contribution >= 4 is 0 Å². The van der Waals surface area contributed by atoms with Crippen LogP contribution in [0.25, 0.3) is 0 Å². The molecule has 1 rings (SSSR count). The van der Waals surface area contributed by atoms with Gasteiger partial charge in [-0.25, -0.2) is 0 Å². The SMILES string of the molecule is CC1COCCN1C(C)(C)CN. The molecule has 0 radical (unpaired) electrons. The monoisotopic (exact) mass is 172 g/mol. The molecule has 1 unspecified atom stereocenters. The molecule has 1 atom stereocenters. The quantitative estimate of drug-likeness (QED) is 0.657. The van der Waals surface area contributed by atoms with E-state index in [4.69, 9.17) is 10.5 Å². The first kappa shape index (κ1) is 9.96. The van der Waals surface area contributed by atoms with Gasteiger partial charge >= 0.3 is 0 Å². The van der Waals surface area contributed by atoms with Crippen LogP contribution in [-0.4, -0.2) is 42.8 Å². The van der Waals surface area contributed by atoms with E-state index in [0.29, 0.717) is 12.6 Å². The molecule has 12 heavy (non-hydrogen) atoms. The predicted octanol–water partition coefficient (Wildman–Crippen LogP) is 0.444. The van der Waals surface area contributed by atoms with Crippen LogP contribution >= 0.6 is 0 Å². The van der Waals surface area contributed by atoms with E-state index in [1.165, 1.54) is 0 Å². The van der Waals surface area contributed by atoms with E-state index in [0.717, 1.165) is 19.8 Å². The van der Waals surface area contributed by atoms with Crippen LogP contribution in [0.15, 0.2) is 0 Å². The largest absolute Gasteiger partial charge is 0.379 e. The van der Waals surface area contributed by atoms with E-state index < -0.39 is 0 Å². The molecule has 72 valence electrons. The van der Waals surface area contributed by atoms with Gasteiger partial charge in [-0.3, -0.25) is 4.90 Å². The molecule has 1 heterocycles. The van der Waals surface area contributed by atoms with Gasteiger partial charge in [0.1, 0.15) is 0 Å². The molecular formula is C9H20N2O. The first-order valence-electron chi connectivity index (χ1n) is 4.62. The van der Waals surface area contributed by atoms with Crippen LogP contribution in [0.2, 0.25) is 0 Å². The molecule has 0 amide bonds. The second-order valence-electron chi connectivity index (χ2n) is 4.13. The minimum Gasteiger partial charge on any atom is -0.379 e. The Labute approximate surface area is 74.9 Å². The molecule has 1 fully saturated rings. The van der Waals surface area contributed by atoms with E-state index in [-0.39, 0.29) is 5.54 Å². The lowest BCUT2D eigenvalue weighted by atomic mass is 10.0. The Bertz CT molecular complexity index is 147. The first-order valence-corrected chi connectivity index (χ1v) is 4.62. The highest BCUT2D eigenvalue weighted by atomic mass is 16.5. The molecular weight excluding hydrogens is 152 g/mol. The molecule has 2 N–H and O–H groups in total. The summed E-state index contributed by atoms with van der Waals surface area (Å²) < 4.78 is 5.37. The van der Waals surface area contributed by atoms with Gasteiger partial charge < -0.3 is 10.5 Å². The fourth-order valence-corrected chi connectivity index (χ4v) is 1.74. The van der Waals surface area contributed by atoms with E-state index in [1.54, 1.807) is 0 Å². The van der Waals surface area contributed by atoms with Crippen LogP contribution in [0.4, 0.5) is 0 Å². The van der Waals surface area contributed by atoms with Gasteiger partial charge in [-0.2, -0.15) is 0 Å². The zero-order chi connectivity index (χ0) is 9.19. The minimum absolute atomic E-state index is 0.114. The van der Waals surface area contributed by atoms with Crippen LogP contribution in [0.1, 0.15) is 20.8 Å². The van der Waals surface area contributed by atoms with Gasteiger partial charge in [0.15, 0.2) is 0 Å². The molecule has 0 bridgehead atoms. The van der Waals surface area contributed by atoms with Crippen molar-refractivity contribution in [1.82, 2.24) is 4.90 Å². The van der Waals surface area contributed by atoms with Crippen LogP contribution in [-0.2, 0) is 4.74 Å². The maximum atomic E-state index is 5.72. The summed E-state index contributed by atoms with van der Waals surface area (Å²) >= 11 is 0. The fraction of sp³-hybridized carbons (Fsp3) is 1.00. The van der Waals surface area contributed by atoms with Crippen molar-refractivity contribution in [3.63, 3.8) is 0 Å². The number of hydrogen-bond donors (Lipinski definition) is 1. The van der Waals surface area contributed by atoms with Gasteiger partial charge in [0.05, 0.1) is 13.2 Å². The Kier molecular flexibility index (Phi) is 3.09. The van der Waals surface area contributed by atoms with Crippen molar-refractivity contribution in [3.05, 3.63) is 0 Å². The smallest absolute Gasteiger partial charge is 0.0620 e. The summed E-state index contributed by atoms with van der Waals surface area (Å²) in [5, 5.41) is 0. The summed E-state index contributed by atoms with van der Waals surface area (Å²) in [4.78, 5) is 2.43. The molecule has 1 aliphatic rings. The Morgan fingerprint density at radius 3 is 2.75 bits per heavy atom. The predicted molar refractivity (Wildman–Crippen MR) is 50.1 cm³/mol. The molecule has 3 heteroatoms. The molecule has 0 aliphatic carbocycles. The summed E-state index contributed by atoms with van der Waals surface area (Å²) in [7, 11) is 0. The molecule has 1 saturated heterocycles. The van der Waals surface area contributed by atoms with E-state index in [2.05, 4.69) is 25.7 Å². The Morgan fingerprint density at radius 2 is 2.25 bits per heavy atom. The van der Waals surface area contributed by atoms with Gasteiger partial charge in [0.2, 0.25) is 0 Å². The molecule has 1 aliphatic heterocycles. The van der Waals surface area contributed by atoms with Gasteiger partial charge in [0, 0.05) is 24.7 Å². The molecule has 0 aromatic rings. The maximum absolute atomic E-state index is 5.72. The lowest BCUT2D eigenvalue weighted by Crippen LogP contribution is -2.57. The van der Waals surface area contributed by atoms with Crippen molar-refractivity contribution in [2.45, 2.75) is 32.4 Å². The van der Waals surface area contributed by atoms with Crippen molar-refractivity contribution < 1.29 is 4.74 Å². The average molecular weight is 172 g/mol. The Balaban J connectivity index is 2.58. The summed E-state index contributed by atoms with van der Waals surface area (Å²) in [6.45, 7) is 9.96. The fourth-order valence-electron chi connectivity index (χ4n) is 1.74. The van der Waals surface area contributed by atoms with Crippen molar-refractivity contribution in [3.8, 4) is 0 Å². The minimum atomic E-state index is 0.114. The number of nitrogens with zero attached hydrogens (tertiary/aromatic N) is 1. The van der Waals surface area contributed by atoms with Crippen molar-refractivity contribution in [2.24, 2.45) is 5.73 Å². The van der Waals surface area contributed by atoms with Crippen LogP contribution in [0.3, 0.4) is 0 Å². The van der Waals surface area contributed by atoms with Crippen LogP contribution < -0.4 is 5.73 Å². The topological polar surface area (TPSA) is 38.5 Å². The maximum Gasteiger partial charge on any atom is 0.0620 e. The molecule has 0 saturated carbocycles. The van der Waals surface area contributed by atoms with E-state index in [9.17, 15) is 0 Å². The highest BCUT2D eigenvalue weighted by Gasteiger charge is 2.31. The second-order valence-corrected chi connectivity index (χ2v) is 4.13. The zero-order valence-corrected chi connectivity index (χ0v) is 8.34. The number of morpholine rings is 1. The summed E-state index contributed by atoms with van der Waals surface area (Å²) in [5.41, 5.74) is 5.83. The number of ether oxygens (including phenoxy) is 1. The molecule has 0 spiro atoms. The van der Waals surface area contributed by atoms with Crippen LogP contribution in [0, 0.1) is 0 Å². The van der Waals surface area contributed by atoms with Gasteiger partial charge in [-0.1, -0.05) is 0 Å². The average Bonchev–Trinajstić information content (AvgIpc) is 2.05. The number of nitrogens with two attached hydrogens (primary N) is 1. The lowest BCUT2D eigenvalue weighted by Gasteiger charge is -2.44. The molecule has 0 aromatic carbocycles. The summed E-state index contributed by atoms with van der Waals surface area (Å²) in [6.07, 6.45) is 0. The lowest BCUT2D eigenvalue weighted by molar-refractivity contribution is -0.0449. The molecule has 0 aromatic heterocycles. The standard InChI is InChI=1S/C9H20N2O/c1-8-6-12-5-4-11(8)9(2,3)7-10/h8H,4-7,10H2,1-3H3. The van der Waals surface area contributed by atoms with E-state index >= 15 is 0 Å². The van der Waals surface area contributed by atoms with Gasteiger partial charge in [-0.05, 0) is 20.8 Å². The van der Waals surface area contributed by atoms with Crippen molar-refractivity contribution in [1.29, 1.82) is 0 Å². The van der Waals surface area contributed by atoms with Gasteiger partial charge in [-0.15, -0.1) is 0 Å². The second kappa shape index (κ2) is 3.73. The third-order valence-electron chi connectivity index (χ3n) is 2.64. The highest BCUT2D eigenvalue weighted by Crippen LogP contribution is 2.18. The highest BCUT2D eigenvalue weighted by molar-refractivity contribution is 4.87. The van der Waals surface area contributed by atoms with Crippen LogP contribution in [0.5, 0.6) is 0 Å². The molecule has 3 nitrogen and oxygen atoms in total. The zero-order valence-electron chi connectivity index (χ0n) is 8.34. The Hall–Kier alpha value is -0.120. The van der Waals surface area contributed by atoms with E-state index in [1.807, 2.05) is 0 Å². The third kappa shape index (κ3) is 1.97. The van der Waals surface area contributed by atoms with Gasteiger partial charge in [0.25, 0.3) is 0 Å². The third-order valence-corrected chi connectivity index (χ3v) is 2.64. The van der Waals surface area contributed by atoms with Crippen molar-refractivity contribution in [2.75, 3.05) is 26.3 Å². The Morgan fingerprint density at radius 1 is 1.58 bits per heavy atom.